The molecular weight excluding hydrogens is 506 g/mol. The van der Waals surface area contributed by atoms with E-state index in [-0.39, 0.29) is 36.6 Å². The van der Waals surface area contributed by atoms with Crippen LogP contribution in [0.15, 0.2) is 72.0 Å². The number of hydrogen-bond acceptors (Lipinski definition) is 5. The quantitative estimate of drug-likeness (QED) is 0.438. The van der Waals surface area contributed by atoms with Gasteiger partial charge < -0.3 is 5.32 Å². The average Bonchev–Trinajstić information content (AvgIpc) is 3.21. The number of hydroxylamine groups is 3. The Morgan fingerprint density at radius 1 is 1.08 bits per heavy atom. The van der Waals surface area contributed by atoms with E-state index in [9.17, 15) is 23.2 Å². The molecule has 2 N–H and O–H groups in total. The second-order valence-electron chi connectivity index (χ2n) is 10.6. The first-order chi connectivity index (χ1) is 18.8. The third-order valence-corrected chi connectivity index (χ3v) is 8.63. The zero-order valence-electron chi connectivity index (χ0n) is 21.4. The van der Waals surface area contributed by atoms with E-state index >= 15 is 0 Å². The first-order valence-corrected chi connectivity index (χ1v) is 13.2. The van der Waals surface area contributed by atoms with Crippen LogP contribution in [0.2, 0.25) is 0 Å². The number of ketones is 1. The summed E-state index contributed by atoms with van der Waals surface area (Å²) in [5.74, 6) is -2.90. The summed E-state index contributed by atoms with van der Waals surface area (Å²) in [6.45, 7) is 2.66. The molecule has 39 heavy (non-hydrogen) atoms. The Balaban J connectivity index is 1.39. The number of rotatable bonds is 6. The molecule has 0 aromatic heterocycles. The van der Waals surface area contributed by atoms with Gasteiger partial charge in [0.25, 0.3) is 11.7 Å². The molecule has 2 unspecified atom stereocenters. The van der Waals surface area contributed by atoms with Gasteiger partial charge in [-0.1, -0.05) is 36.4 Å². The molecule has 0 spiro atoms. The van der Waals surface area contributed by atoms with Crippen molar-refractivity contribution < 1.29 is 37.1 Å². The van der Waals surface area contributed by atoms with E-state index in [0.29, 0.717) is 36.2 Å². The van der Waals surface area contributed by atoms with Crippen LogP contribution in [0, 0.1) is 11.6 Å². The summed E-state index contributed by atoms with van der Waals surface area (Å²) in [7, 11) is 0. The van der Waals surface area contributed by atoms with Crippen LogP contribution in [0.25, 0.3) is 0 Å². The van der Waals surface area contributed by atoms with Crippen LogP contribution in [0.3, 0.4) is 0 Å². The SMILES string of the molecule is O=C(NCc1ccc(F)cc1F)C1=CC=C2C[N@@+]34CCCC(=O)C3(CNCC4)[N+]2(OCc2ccccc2)C1=O. The smallest absolute Gasteiger partial charge is 0.348 e. The predicted molar refractivity (Wildman–Crippen MR) is 136 cm³/mol. The molecule has 4 heterocycles. The minimum absolute atomic E-state index is 0.0548. The van der Waals surface area contributed by atoms with Gasteiger partial charge in [0.1, 0.15) is 30.4 Å². The molecular formula is C29H30F2N4O4+2. The molecule has 0 aliphatic carbocycles. The lowest BCUT2D eigenvalue weighted by Crippen LogP contribution is -2.84. The Bertz CT molecular complexity index is 1420. The maximum absolute atomic E-state index is 14.5. The highest BCUT2D eigenvalue weighted by molar-refractivity contribution is 6.17. The van der Waals surface area contributed by atoms with E-state index in [2.05, 4.69) is 10.6 Å². The van der Waals surface area contributed by atoms with E-state index < -0.39 is 33.8 Å². The van der Waals surface area contributed by atoms with Crippen molar-refractivity contribution in [1.29, 1.82) is 0 Å². The highest BCUT2D eigenvalue weighted by Crippen LogP contribution is 2.54. The van der Waals surface area contributed by atoms with Gasteiger partial charge in [0.15, 0.2) is 6.54 Å². The topological polar surface area (TPSA) is 84.5 Å². The van der Waals surface area contributed by atoms with Gasteiger partial charge in [0.2, 0.25) is 5.70 Å². The molecule has 4 aliphatic rings. The fourth-order valence-electron chi connectivity index (χ4n) is 6.81. The maximum atomic E-state index is 14.5. The molecule has 2 amide bonds. The Kier molecular flexibility index (Phi) is 6.30. The van der Waals surface area contributed by atoms with Crippen LogP contribution in [0.1, 0.15) is 24.0 Å². The lowest BCUT2D eigenvalue weighted by molar-refractivity contribution is -1.15. The molecule has 8 nitrogen and oxygen atoms in total. The van der Waals surface area contributed by atoms with Gasteiger partial charge >= 0.3 is 11.6 Å². The number of nitrogens with one attached hydrogen (secondary N) is 2. The number of halogens is 2. The number of quaternary nitrogens is 2. The number of benzene rings is 2. The van der Waals surface area contributed by atoms with Crippen LogP contribution < -0.4 is 10.6 Å². The number of carbonyl (C=O) groups excluding carboxylic acids is 3. The van der Waals surface area contributed by atoms with Crippen LogP contribution in [0.4, 0.5) is 8.78 Å². The summed E-state index contributed by atoms with van der Waals surface area (Å²) in [5.41, 5.74) is 0.141. The van der Waals surface area contributed by atoms with Crippen molar-refractivity contribution in [3.63, 3.8) is 0 Å². The number of piperazine rings is 1. The van der Waals surface area contributed by atoms with Crippen molar-refractivity contribution in [2.45, 2.75) is 31.7 Å². The Morgan fingerprint density at radius 2 is 1.90 bits per heavy atom. The van der Waals surface area contributed by atoms with Crippen LogP contribution in [-0.4, -0.2) is 65.1 Å². The fourth-order valence-corrected chi connectivity index (χ4v) is 6.81. The molecule has 3 fully saturated rings. The number of Topliss-reactive ketones (excluding diaryl/α,β-unsaturated/α-hetero) is 1. The zero-order chi connectivity index (χ0) is 27.3. The molecule has 4 aliphatic heterocycles. The van der Waals surface area contributed by atoms with Crippen molar-refractivity contribution in [2.75, 3.05) is 32.7 Å². The maximum Gasteiger partial charge on any atom is 0.394 e. The standard InChI is InChI=1S/C29H29F2N4O4/c30-22-9-8-21(25(31)15-22)16-33-27(37)24-11-10-23-17-34-13-4-7-26(36)29(34,19-32-12-14-34)35(23,28(24)38)39-18-20-5-2-1-3-6-20/h1-3,5-6,8-11,15,32H,4,7,12-14,16-19H2/q+1/p+1/t29?,34-,35?/m0/s1. The van der Waals surface area contributed by atoms with Crippen molar-refractivity contribution in [3.8, 4) is 0 Å². The average molecular weight is 537 g/mol. The van der Waals surface area contributed by atoms with Crippen molar-refractivity contribution >= 4 is 17.6 Å². The predicted octanol–water partition coefficient (Wildman–Crippen LogP) is 2.37. The first-order valence-electron chi connectivity index (χ1n) is 13.2. The first kappa shape index (κ1) is 25.7. The van der Waals surface area contributed by atoms with Crippen LogP contribution >= 0.6 is 0 Å². The number of fused-ring (bicyclic) bond motifs is 1. The lowest BCUT2D eigenvalue weighted by atomic mass is 9.87. The molecule has 10 heteroatoms. The number of hydrogen-bond donors (Lipinski definition) is 2. The summed E-state index contributed by atoms with van der Waals surface area (Å²) < 4.78 is 27.2. The minimum Gasteiger partial charge on any atom is -0.348 e. The van der Waals surface area contributed by atoms with Gasteiger partial charge in [0.05, 0.1) is 13.1 Å². The fraction of sp³-hybridized carbons (Fsp3) is 0.345. The molecule has 0 radical (unpaired) electrons. The molecule has 0 bridgehead atoms. The van der Waals surface area contributed by atoms with E-state index in [1.54, 1.807) is 6.08 Å². The van der Waals surface area contributed by atoms with E-state index in [1.165, 1.54) is 12.1 Å². The molecule has 0 saturated carbocycles. The second kappa shape index (κ2) is 9.56. The largest absolute Gasteiger partial charge is 0.394 e. The third kappa shape index (κ3) is 3.74. The van der Waals surface area contributed by atoms with Gasteiger partial charge in [-0.3, -0.25) is 19.4 Å². The van der Waals surface area contributed by atoms with Gasteiger partial charge in [-0.25, -0.2) is 13.6 Å². The monoisotopic (exact) mass is 536 g/mol. The summed E-state index contributed by atoms with van der Waals surface area (Å²) in [4.78, 5) is 48.4. The van der Waals surface area contributed by atoms with Crippen molar-refractivity contribution in [3.05, 3.63) is 94.7 Å². The number of carbonyl (C=O) groups is 3. The number of piperidine rings is 1. The van der Waals surface area contributed by atoms with Gasteiger partial charge in [0, 0.05) is 43.6 Å². The Morgan fingerprint density at radius 3 is 2.69 bits per heavy atom. The summed E-state index contributed by atoms with van der Waals surface area (Å²) in [6, 6.07) is 12.5. The highest BCUT2D eigenvalue weighted by atomic mass is 19.1. The summed E-state index contributed by atoms with van der Waals surface area (Å²) >= 11 is 0. The van der Waals surface area contributed by atoms with Crippen LogP contribution in [0.5, 0.6) is 0 Å². The lowest BCUT2D eigenvalue weighted by Gasteiger charge is -2.53. The Labute approximate surface area is 224 Å². The second-order valence-corrected chi connectivity index (χ2v) is 10.6. The molecule has 202 valence electrons. The van der Waals surface area contributed by atoms with Gasteiger partial charge in [-0.05, 0) is 22.4 Å². The van der Waals surface area contributed by atoms with Gasteiger partial charge in [-0.2, -0.15) is 4.84 Å². The van der Waals surface area contributed by atoms with Crippen molar-refractivity contribution in [2.24, 2.45) is 0 Å². The summed E-state index contributed by atoms with van der Waals surface area (Å²) in [6.07, 6.45) is 4.25. The Hall–Kier alpha value is -3.57. The van der Waals surface area contributed by atoms with Crippen LogP contribution in [-0.2, 0) is 32.4 Å². The van der Waals surface area contributed by atoms with Crippen molar-refractivity contribution in [1.82, 2.24) is 10.6 Å². The number of amides is 2. The van der Waals surface area contributed by atoms with Gasteiger partial charge in [-0.15, -0.1) is 0 Å². The minimum atomic E-state index is -1.25. The third-order valence-electron chi connectivity index (χ3n) is 8.63. The number of nitrogens with zero attached hydrogens (tertiary/aromatic N) is 2. The van der Waals surface area contributed by atoms with E-state index in [0.717, 1.165) is 30.7 Å². The molecule has 3 atom stereocenters. The molecule has 2 aromatic rings. The molecule has 6 rings (SSSR count). The molecule has 3 saturated heterocycles. The normalized spacial score (nSPS) is 29.6. The summed E-state index contributed by atoms with van der Waals surface area (Å²) in [5, 5.41) is 5.94. The number of allylic oxidation sites excluding steroid dienone is 2. The zero-order valence-corrected chi connectivity index (χ0v) is 21.4. The van der Waals surface area contributed by atoms with E-state index in [4.69, 9.17) is 4.84 Å². The molecule has 2 aromatic carbocycles. The highest BCUT2D eigenvalue weighted by Gasteiger charge is 2.83. The van der Waals surface area contributed by atoms with E-state index in [1.807, 2.05) is 30.3 Å².